The van der Waals surface area contributed by atoms with Gasteiger partial charge < -0.3 is 15.2 Å². The molecule has 2 N–H and O–H groups in total. The Morgan fingerprint density at radius 2 is 1.65 bits per heavy atom. The van der Waals surface area contributed by atoms with E-state index in [2.05, 4.69) is 10.2 Å². The van der Waals surface area contributed by atoms with Gasteiger partial charge in [-0.1, -0.05) is 56.3 Å². The van der Waals surface area contributed by atoms with Crippen molar-refractivity contribution in [1.82, 2.24) is 14.5 Å². The van der Waals surface area contributed by atoms with E-state index in [0.29, 0.717) is 6.61 Å². The molecule has 9 heteroatoms. The molecular formula is C25H35N3O5S. The highest BCUT2D eigenvalue weighted by Gasteiger charge is 2.37. The molecule has 2 aromatic rings. The molecule has 8 nitrogen and oxygen atoms in total. The van der Waals surface area contributed by atoms with Gasteiger partial charge in [0.05, 0.1) is 18.1 Å². The van der Waals surface area contributed by atoms with Gasteiger partial charge in [0.15, 0.2) is 0 Å². The molecule has 1 heterocycles. The van der Waals surface area contributed by atoms with E-state index in [1.165, 1.54) is 12.1 Å². The Bertz CT molecular complexity index is 1010. The van der Waals surface area contributed by atoms with Crippen molar-refractivity contribution in [2.75, 3.05) is 52.5 Å². The lowest BCUT2D eigenvalue weighted by atomic mass is 10.1. The third-order valence-corrected chi connectivity index (χ3v) is 7.88. The van der Waals surface area contributed by atoms with Gasteiger partial charge in [-0.05, 0) is 29.2 Å². The highest BCUT2D eigenvalue weighted by molar-refractivity contribution is 7.89. The normalized spacial score (nSPS) is 16.1. The van der Waals surface area contributed by atoms with Gasteiger partial charge in [0.25, 0.3) is 0 Å². The fourth-order valence-electron chi connectivity index (χ4n) is 4.12. The summed E-state index contributed by atoms with van der Waals surface area (Å²) in [5.41, 5.74) is 1.87. The number of carbonyl (C=O) groups is 1. The minimum absolute atomic E-state index is 0.0283. The van der Waals surface area contributed by atoms with Gasteiger partial charge in [0, 0.05) is 39.3 Å². The zero-order chi connectivity index (χ0) is 24.6. The smallest absolute Gasteiger partial charge is 0.322 e. The molecule has 0 aromatic heterocycles. The van der Waals surface area contributed by atoms with Crippen LogP contribution in [0.2, 0.25) is 0 Å². The summed E-state index contributed by atoms with van der Waals surface area (Å²) in [4.78, 5) is 14.4. The summed E-state index contributed by atoms with van der Waals surface area (Å²) in [5, 5.41) is 13.1. The van der Waals surface area contributed by atoms with E-state index >= 15 is 0 Å². The maximum atomic E-state index is 13.5. The molecule has 0 amide bonds. The maximum absolute atomic E-state index is 13.5. The number of carboxylic acid groups (broad SMARTS) is 1. The molecule has 0 radical (unpaired) electrons. The topological polar surface area (TPSA) is 99.2 Å². The first-order chi connectivity index (χ1) is 16.3. The summed E-state index contributed by atoms with van der Waals surface area (Å²) in [7, 11) is -4.04. The number of aliphatic carboxylic acids is 1. The summed E-state index contributed by atoms with van der Waals surface area (Å²) in [6, 6.07) is 15.0. The number of rotatable bonds is 12. The van der Waals surface area contributed by atoms with E-state index in [0.717, 1.165) is 48.2 Å². The number of piperazine rings is 1. The van der Waals surface area contributed by atoms with Crippen molar-refractivity contribution in [1.29, 1.82) is 0 Å². The van der Waals surface area contributed by atoms with Crippen LogP contribution in [0.1, 0.15) is 13.8 Å². The first-order valence-corrected chi connectivity index (χ1v) is 13.2. The number of ether oxygens (including phenoxy) is 1. The average Bonchev–Trinajstić information content (AvgIpc) is 2.84. The van der Waals surface area contributed by atoms with E-state index in [-0.39, 0.29) is 18.0 Å². The summed E-state index contributed by atoms with van der Waals surface area (Å²) in [6.07, 6.45) is 0. The second-order valence-electron chi connectivity index (χ2n) is 8.74. The third-order valence-electron chi connectivity index (χ3n) is 5.98. The molecule has 1 atom stereocenters. The largest absolute Gasteiger partial charge is 0.480 e. The van der Waals surface area contributed by atoms with E-state index in [1.54, 1.807) is 26.0 Å². The average molecular weight is 490 g/mol. The van der Waals surface area contributed by atoms with E-state index in [1.807, 2.05) is 30.3 Å². The lowest BCUT2D eigenvalue weighted by molar-refractivity contribution is -0.143. The predicted octanol–water partition coefficient (Wildman–Crippen LogP) is 2.38. The third kappa shape index (κ3) is 6.86. The Balaban J connectivity index is 1.72. The molecular weight excluding hydrogens is 454 g/mol. The minimum Gasteiger partial charge on any atom is -0.480 e. The van der Waals surface area contributed by atoms with Crippen molar-refractivity contribution in [3.05, 3.63) is 54.6 Å². The number of sulfonamides is 1. The van der Waals surface area contributed by atoms with Crippen LogP contribution in [0.4, 0.5) is 0 Å². The quantitative estimate of drug-likeness (QED) is 0.442. The van der Waals surface area contributed by atoms with Gasteiger partial charge in [-0.25, -0.2) is 8.42 Å². The predicted molar refractivity (Wildman–Crippen MR) is 132 cm³/mol. The number of benzene rings is 2. The Labute approximate surface area is 202 Å². The van der Waals surface area contributed by atoms with Crippen molar-refractivity contribution in [2.24, 2.45) is 5.92 Å². The van der Waals surface area contributed by atoms with Crippen LogP contribution in [0, 0.1) is 5.92 Å². The SMILES string of the molecule is CC(C)[C@H](C(=O)O)N(CCOCCN1CCNCC1)S(=O)(=O)c1ccc(-c2ccccc2)cc1. The number of nitrogens with zero attached hydrogens (tertiary/aromatic N) is 2. The van der Waals surface area contributed by atoms with E-state index < -0.39 is 28.0 Å². The Hall–Kier alpha value is -2.30. The van der Waals surface area contributed by atoms with Crippen LogP contribution in [0.5, 0.6) is 0 Å². The van der Waals surface area contributed by atoms with E-state index in [9.17, 15) is 18.3 Å². The number of carboxylic acids is 1. The molecule has 1 aliphatic rings. The number of hydrogen-bond donors (Lipinski definition) is 2. The summed E-state index contributed by atoms with van der Waals surface area (Å²) in [6.45, 7) is 8.57. The fraction of sp³-hybridized carbons (Fsp3) is 0.480. The molecule has 0 unspecified atom stereocenters. The first-order valence-electron chi connectivity index (χ1n) is 11.7. The van der Waals surface area contributed by atoms with Crippen LogP contribution in [0.3, 0.4) is 0 Å². The second kappa shape index (κ2) is 12.4. The fourth-order valence-corrected chi connectivity index (χ4v) is 5.82. The van der Waals surface area contributed by atoms with Gasteiger partial charge >= 0.3 is 5.97 Å². The molecule has 0 aliphatic carbocycles. The molecule has 186 valence electrons. The molecule has 1 saturated heterocycles. The number of hydrogen-bond acceptors (Lipinski definition) is 6. The van der Waals surface area contributed by atoms with Gasteiger partial charge in [0.2, 0.25) is 10.0 Å². The van der Waals surface area contributed by atoms with Crippen LogP contribution in [-0.2, 0) is 19.6 Å². The molecule has 34 heavy (non-hydrogen) atoms. The van der Waals surface area contributed by atoms with Crippen LogP contribution in [-0.4, -0.2) is 87.2 Å². The van der Waals surface area contributed by atoms with Crippen molar-refractivity contribution in [2.45, 2.75) is 24.8 Å². The minimum atomic E-state index is -4.04. The zero-order valence-electron chi connectivity index (χ0n) is 19.9. The summed E-state index contributed by atoms with van der Waals surface area (Å²) < 4.78 is 33.9. The lowest BCUT2D eigenvalue weighted by Gasteiger charge is -2.31. The van der Waals surface area contributed by atoms with Gasteiger partial charge in [0.1, 0.15) is 6.04 Å². The van der Waals surface area contributed by atoms with E-state index in [4.69, 9.17) is 4.74 Å². The first kappa shape index (κ1) is 26.3. The second-order valence-corrected chi connectivity index (χ2v) is 10.6. The molecule has 0 saturated carbocycles. The molecule has 1 aliphatic heterocycles. The monoisotopic (exact) mass is 489 g/mol. The van der Waals surface area contributed by atoms with Gasteiger partial charge in [-0.15, -0.1) is 0 Å². The molecule has 0 spiro atoms. The van der Waals surface area contributed by atoms with Crippen molar-refractivity contribution in [3.63, 3.8) is 0 Å². The van der Waals surface area contributed by atoms with Crippen LogP contribution < -0.4 is 5.32 Å². The molecule has 0 bridgehead atoms. The zero-order valence-corrected chi connectivity index (χ0v) is 20.7. The summed E-state index contributed by atoms with van der Waals surface area (Å²) in [5.74, 6) is -1.57. The summed E-state index contributed by atoms with van der Waals surface area (Å²) >= 11 is 0. The van der Waals surface area contributed by atoms with Crippen LogP contribution >= 0.6 is 0 Å². The molecule has 2 aromatic carbocycles. The van der Waals surface area contributed by atoms with Crippen LogP contribution in [0.15, 0.2) is 59.5 Å². The maximum Gasteiger partial charge on any atom is 0.322 e. The Morgan fingerprint density at radius 3 is 2.24 bits per heavy atom. The standard InChI is InChI=1S/C25H35N3O5S/c1-20(2)24(25(29)30)28(17-19-33-18-16-27-14-12-26-13-15-27)34(31,32)23-10-8-22(9-11-23)21-6-4-3-5-7-21/h3-11,20,24,26H,12-19H2,1-2H3,(H,29,30)/t24-/m1/s1. The van der Waals surface area contributed by atoms with Gasteiger partial charge in [-0.2, -0.15) is 4.31 Å². The number of nitrogens with one attached hydrogen (secondary N) is 1. The molecule has 3 rings (SSSR count). The van der Waals surface area contributed by atoms with Crippen LogP contribution in [0.25, 0.3) is 11.1 Å². The highest BCUT2D eigenvalue weighted by Crippen LogP contribution is 2.25. The van der Waals surface area contributed by atoms with Crippen molar-refractivity contribution < 1.29 is 23.1 Å². The Kier molecular flexibility index (Phi) is 9.61. The van der Waals surface area contributed by atoms with Gasteiger partial charge in [-0.3, -0.25) is 9.69 Å². The van der Waals surface area contributed by atoms with Crippen molar-refractivity contribution >= 4 is 16.0 Å². The Morgan fingerprint density at radius 1 is 1.03 bits per heavy atom. The lowest BCUT2D eigenvalue weighted by Crippen LogP contribution is -2.49. The van der Waals surface area contributed by atoms with Crippen molar-refractivity contribution in [3.8, 4) is 11.1 Å². The molecule has 1 fully saturated rings. The highest BCUT2D eigenvalue weighted by atomic mass is 32.2.